The molecule has 0 heterocycles. The van der Waals surface area contributed by atoms with Crippen LogP contribution in [-0.2, 0) is 11.3 Å². The molecule has 0 unspecified atom stereocenters. The molecule has 4 heteroatoms. The Kier molecular flexibility index (Phi) is 7.09. The SMILES string of the molecule is CCCCOCc1cc(C(=O)NC(C)C)ccc1OC. The van der Waals surface area contributed by atoms with Crippen molar-refractivity contribution in [1.29, 1.82) is 0 Å². The highest BCUT2D eigenvalue weighted by molar-refractivity contribution is 5.94. The van der Waals surface area contributed by atoms with Crippen molar-refractivity contribution in [2.45, 2.75) is 46.3 Å². The summed E-state index contributed by atoms with van der Waals surface area (Å²) >= 11 is 0. The molecule has 0 radical (unpaired) electrons. The Balaban J connectivity index is 2.77. The maximum absolute atomic E-state index is 12.0. The fraction of sp³-hybridized carbons (Fsp3) is 0.562. The molecule has 0 spiro atoms. The van der Waals surface area contributed by atoms with Gasteiger partial charge in [-0.05, 0) is 38.5 Å². The first kappa shape index (κ1) is 16.5. The van der Waals surface area contributed by atoms with Crippen LogP contribution in [-0.4, -0.2) is 25.7 Å². The second-order valence-electron chi connectivity index (χ2n) is 5.06. The normalized spacial score (nSPS) is 10.7. The van der Waals surface area contributed by atoms with E-state index in [-0.39, 0.29) is 11.9 Å². The Labute approximate surface area is 121 Å². The molecule has 0 aromatic heterocycles. The number of benzene rings is 1. The predicted molar refractivity (Wildman–Crippen MR) is 80.2 cm³/mol. The van der Waals surface area contributed by atoms with E-state index in [4.69, 9.17) is 9.47 Å². The van der Waals surface area contributed by atoms with Gasteiger partial charge in [-0.2, -0.15) is 0 Å². The minimum atomic E-state index is -0.0718. The van der Waals surface area contributed by atoms with Gasteiger partial charge in [0.15, 0.2) is 0 Å². The van der Waals surface area contributed by atoms with Gasteiger partial charge in [-0.1, -0.05) is 13.3 Å². The monoisotopic (exact) mass is 279 g/mol. The third-order valence-corrected chi connectivity index (χ3v) is 2.86. The standard InChI is InChI=1S/C16H25NO3/c1-5-6-9-20-11-14-10-13(7-8-15(14)19-4)16(18)17-12(2)3/h7-8,10,12H,5-6,9,11H2,1-4H3,(H,17,18). The fourth-order valence-corrected chi connectivity index (χ4v) is 1.81. The molecule has 1 amide bonds. The van der Waals surface area contributed by atoms with Crippen LogP contribution in [0.25, 0.3) is 0 Å². The van der Waals surface area contributed by atoms with Crippen LogP contribution in [0.15, 0.2) is 18.2 Å². The summed E-state index contributed by atoms with van der Waals surface area (Å²) in [4.78, 5) is 12.0. The van der Waals surface area contributed by atoms with Crippen molar-refractivity contribution in [3.05, 3.63) is 29.3 Å². The number of hydrogen-bond acceptors (Lipinski definition) is 3. The molecule has 0 aliphatic carbocycles. The Morgan fingerprint density at radius 3 is 2.70 bits per heavy atom. The van der Waals surface area contributed by atoms with E-state index in [9.17, 15) is 4.79 Å². The summed E-state index contributed by atoms with van der Waals surface area (Å²) in [5.41, 5.74) is 1.54. The molecular weight excluding hydrogens is 254 g/mol. The van der Waals surface area contributed by atoms with Crippen molar-refractivity contribution in [1.82, 2.24) is 5.32 Å². The second kappa shape index (κ2) is 8.59. The first-order chi connectivity index (χ1) is 9.58. The molecule has 0 atom stereocenters. The molecule has 0 saturated heterocycles. The molecule has 20 heavy (non-hydrogen) atoms. The molecule has 0 aliphatic heterocycles. The lowest BCUT2D eigenvalue weighted by molar-refractivity contribution is 0.0942. The summed E-state index contributed by atoms with van der Waals surface area (Å²) in [6.45, 7) is 7.20. The predicted octanol–water partition coefficient (Wildman–Crippen LogP) is 3.15. The van der Waals surface area contributed by atoms with Gasteiger partial charge in [-0.15, -0.1) is 0 Å². The van der Waals surface area contributed by atoms with Gasteiger partial charge in [0.25, 0.3) is 5.91 Å². The van der Waals surface area contributed by atoms with Crippen molar-refractivity contribution in [3.8, 4) is 5.75 Å². The highest BCUT2D eigenvalue weighted by Gasteiger charge is 2.11. The summed E-state index contributed by atoms with van der Waals surface area (Å²) in [6, 6.07) is 5.54. The zero-order valence-corrected chi connectivity index (χ0v) is 12.9. The van der Waals surface area contributed by atoms with E-state index in [0.717, 1.165) is 30.8 Å². The third-order valence-electron chi connectivity index (χ3n) is 2.86. The largest absolute Gasteiger partial charge is 0.496 e. The van der Waals surface area contributed by atoms with Gasteiger partial charge < -0.3 is 14.8 Å². The zero-order chi connectivity index (χ0) is 15.0. The average molecular weight is 279 g/mol. The van der Waals surface area contributed by atoms with E-state index < -0.39 is 0 Å². The Morgan fingerprint density at radius 1 is 1.35 bits per heavy atom. The molecule has 0 saturated carbocycles. The molecule has 0 fully saturated rings. The topological polar surface area (TPSA) is 47.6 Å². The fourth-order valence-electron chi connectivity index (χ4n) is 1.81. The van der Waals surface area contributed by atoms with E-state index in [0.29, 0.717) is 12.2 Å². The Bertz CT molecular complexity index is 430. The van der Waals surface area contributed by atoms with Gasteiger partial charge in [-0.25, -0.2) is 0 Å². The molecule has 1 aromatic rings. The van der Waals surface area contributed by atoms with Crippen molar-refractivity contribution in [2.75, 3.05) is 13.7 Å². The van der Waals surface area contributed by atoms with Crippen LogP contribution in [0.4, 0.5) is 0 Å². The summed E-state index contributed by atoms with van der Waals surface area (Å²) in [7, 11) is 1.62. The number of nitrogens with one attached hydrogen (secondary N) is 1. The van der Waals surface area contributed by atoms with Crippen LogP contribution in [0.3, 0.4) is 0 Å². The summed E-state index contributed by atoms with van der Waals surface area (Å²) in [6.07, 6.45) is 2.14. The van der Waals surface area contributed by atoms with E-state index in [1.54, 1.807) is 13.2 Å². The first-order valence-corrected chi connectivity index (χ1v) is 7.14. The van der Waals surface area contributed by atoms with Crippen LogP contribution in [0, 0.1) is 0 Å². The van der Waals surface area contributed by atoms with Crippen molar-refractivity contribution in [2.24, 2.45) is 0 Å². The van der Waals surface area contributed by atoms with Crippen LogP contribution in [0.5, 0.6) is 5.75 Å². The molecule has 4 nitrogen and oxygen atoms in total. The molecule has 1 rings (SSSR count). The van der Waals surface area contributed by atoms with Crippen LogP contribution in [0.2, 0.25) is 0 Å². The van der Waals surface area contributed by atoms with Crippen LogP contribution >= 0.6 is 0 Å². The third kappa shape index (κ3) is 5.21. The highest BCUT2D eigenvalue weighted by Crippen LogP contribution is 2.21. The number of unbranched alkanes of at least 4 members (excludes halogenated alkanes) is 1. The first-order valence-electron chi connectivity index (χ1n) is 7.14. The summed E-state index contributed by atoms with van der Waals surface area (Å²) in [5, 5.41) is 2.88. The van der Waals surface area contributed by atoms with Crippen molar-refractivity contribution >= 4 is 5.91 Å². The molecule has 1 aromatic carbocycles. The van der Waals surface area contributed by atoms with Gasteiger partial charge in [0.1, 0.15) is 5.75 Å². The van der Waals surface area contributed by atoms with E-state index >= 15 is 0 Å². The highest BCUT2D eigenvalue weighted by atomic mass is 16.5. The van der Waals surface area contributed by atoms with Gasteiger partial charge in [-0.3, -0.25) is 4.79 Å². The van der Waals surface area contributed by atoms with Crippen LogP contribution < -0.4 is 10.1 Å². The smallest absolute Gasteiger partial charge is 0.251 e. The lowest BCUT2D eigenvalue weighted by Crippen LogP contribution is -2.30. The summed E-state index contributed by atoms with van der Waals surface area (Å²) in [5.74, 6) is 0.681. The number of carbonyl (C=O) groups excluding carboxylic acids is 1. The minimum Gasteiger partial charge on any atom is -0.496 e. The summed E-state index contributed by atoms with van der Waals surface area (Å²) < 4.78 is 10.9. The molecular formula is C16H25NO3. The van der Waals surface area contributed by atoms with Crippen molar-refractivity contribution in [3.63, 3.8) is 0 Å². The second-order valence-corrected chi connectivity index (χ2v) is 5.06. The Hall–Kier alpha value is -1.55. The van der Waals surface area contributed by atoms with E-state index in [2.05, 4.69) is 12.2 Å². The number of methoxy groups -OCH3 is 1. The quantitative estimate of drug-likeness (QED) is 0.744. The molecule has 112 valence electrons. The number of rotatable bonds is 8. The van der Waals surface area contributed by atoms with Crippen molar-refractivity contribution < 1.29 is 14.3 Å². The molecule has 0 bridgehead atoms. The number of ether oxygens (including phenoxy) is 2. The maximum Gasteiger partial charge on any atom is 0.251 e. The molecule has 1 N–H and O–H groups in total. The maximum atomic E-state index is 12.0. The van der Waals surface area contributed by atoms with Crippen LogP contribution in [0.1, 0.15) is 49.5 Å². The van der Waals surface area contributed by atoms with Gasteiger partial charge in [0.05, 0.1) is 13.7 Å². The number of carbonyl (C=O) groups is 1. The number of hydrogen-bond donors (Lipinski definition) is 1. The Morgan fingerprint density at radius 2 is 2.10 bits per heavy atom. The van der Waals surface area contributed by atoms with Gasteiger partial charge in [0, 0.05) is 23.8 Å². The lowest BCUT2D eigenvalue weighted by atomic mass is 10.1. The lowest BCUT2D eigenvalue weighted by Gasteiger charge is -2.12. The molecule has 0 aliphatic rings. The minimum absolute atomic E-state index is 0.0718. The van der Waals surface area contributed by atoms with Gasteiger partial charge in [0.2, 0.25) is 0 Å². The van der Waals surface area contributed by atoms with E-state index in [1.165, 1.54) is 0 Å². The zero-order valence-electron chi connectivity index (χ0n) is 12.9. The average Bonchev–Trinajstić information content (AvgIpc) is 2.42. The van der Waals surface area contributed by atoms with E-state index in [1.807, 2.05) is 26.0 Å². The number of amides is 1. The van der Waals surface area contributed by atoms with Gasteiger partial charge >= 0.3 is 0 Å².